The molecule has 2 heterocycles. The number of piperidine rings is 1. The molecule has 0 bridgehead atoms. The predicted molar refractivity (Wildman–Crippen MR) is 96.3 cm³/mol. The van der Waals surface area contributed by atoms with Gasteiger partial charge in [0.1, 0.15) is 5.82 Å². The number of amides is 2. The van der Waals surface area contributed by atoms with Gasteiger partial charge in [0.2, 0.25) is 5.91 Å². The van der Waals surface area contributed by atoms with Crippen LogP contribution in [-0.2, 0) is 4.79 Å². The van der Waals surface area contributed by atoms with Crippen molar-refractivity contribution >= 4 is 24.2 Å². The predicted octanol–water partition coefficient (Wildman–Crippen LogP) is 1.92. The summed E-state index contributed by atoms with van der Waals surface area (Å²) in [5.74, 6) is -0.131. The van der Waals surface area contributed by atoms with Gasteiger partial charge in [-0.25, -0.2) is 4.39 Å². The molecule has 2 fully saturated rings. The third-order valence-electron chi connectivity index (χ3n) is 4.94. The van der Waals surface area contributed by atoms with E-state index in [4.69, 9.17) is 0 Å². The van der Waals surface area contributed by atoms with E-state index in [1.54, 1.807) is 4.90 Å². The highest BCUT2D eigenvalue weighted by atomic mass is 35.5. The first-order valence-corrected chi connectivity index (χ1v) is 8.61. The first kappa shape index (κ1) is 19.7. The summed E-state index contributed by atoms with van der Waals surface area (Å²) < 4.78 is 13.0. The lowest BCUT2D eigenvalue weighted by molar-refractivity contribution is -0.138. The van der Waals surface area contributed by atoms with Gasteiger partial charge >= 0.3 is 0 Å². The largest absolute Gasteiger partial charge is 0.339 e. The number of benzene rings is 1. The number of piperazine rings is 1. The van der Waals surface area contributed by atoms with E-state index in [2.05, 4.69) is 12.2 Å². The summed E-state index contributed by atoms with van der Waals surface area (Å²) in [5, 5.41) is 3.36. The van der Waals surface area contributed by atoms with Crippen molar-refractivity contribution in [2.45, 2.75) is 25.8 Å². The van der Waals surface area contributed by atoms with Gasteiger partial charge in [-0.2, -0.15) is 0 Å². The van der Waals surface area contributed by atoms with Crippen LogP contribution in [0.3, 0.4) is 0 Å². The van der Waals surface area contributed by atoms with E-state index < -0.39 is 0 Å². The van der Waals surface area contributed by atoms with E-state index in [9.17, 15) is 14.0 Å². The Labute approximate surface area is 154 Å². The van der Waals surface area contributed by atoms with E-state index in [1.165, 1.54) is 24.3 Å². The molecule has 5 nitrogen and oxygen atoms in total. The minimum atomic E-state index is -0.349. The molecule has 0 saturated carbocycles. The normalized spacial score (nSPS) is 23.8. The van der Waals surface area contributed by atoms with Crippen LogP contribution in [0.15, 0.2) is 24.3 Å². The smallest absolute Gasteiger partial charge is 0.253 e. The molecule has 1 N–H and O–H groups in total. The Morgan fingerprint density at radius 1 is 1.08 bits per heavy atom. The average Bonchev–Trinajstić information content (AvgIpc) is 2.61. The van der Waals surface area contributed by atoms with Crippen molar-refractivity contribution in [1.29, 1.82) is 0 Å². The van der Waals surface area contributed by atoms with Crippen LogP contribution in [0, 0.1) is 11.7 Å². The van der Waals surface area contributed by atoms with E-state index >= 15 is 0 Å². The molecular weight excluding hydrogens is 345 g/mol. The van der Waals surface area contributed by atoms with Crippen molar-refractivity contribution in [3.05, 3.63) is 35.6 Å². The summed E-state index contributed by atoms with van der Waals surface area (Å²) in [7, 11) is 0. The molecule has 1 aromatic carbocycles. The van der Waals surface area contributed by atoms with E-state index in [0.29, 0.717) is 37.8 Å². The Morgan fingerprint density at radius 3 is 2.28 bits per heavy atom. The summed E-state index contributed by atoms with van der Waals surface area (Å²) in [6.45, 7) is 5.21. The highest BCUT2D eigenvalue weighted by molar-refractivity contribution is 5.94. The number of rotatable bonds is 2. The van der Waals surface area contributed by atoms with Gasteiger partial charge in [0.05, 0.1) is 0 Å². The second kappa shape index (κ2) is 8.63. The van der Waals surface area contributed by atoms with Crippen molar-refractivity contribution in [3.8, 4) is 0 Å². The first-order valence-electron chi connectivity index (χ1n) is 8.61. The topological polar surface area (TPSA) is 52.7 Å². The maximum atomic E-state index is 13.0. The number of hydrogen-bond donors (Lipinski definition) is 1. The lowest BCUT2D eigenvalue weighted by Crippen LogP contribution is -2.53. The van der Waals surface area contributed by atoms with Crippen molar-refractivity contribution in [2.24, 2.45) is 5.92 Å². The summed E-state index contributed by atoms with van der Waals surface area (Å²) in [6.07, 6.45) is 1.77. The highest BCUT2D eigenvalue weighted by Crippen LogP contribution is 2.20. The Kier molecular flexibility index (Phi) is 6.79. The lowest BCUT2D eigenvalue weighted by atomic mass is 9.92. The third-order valence-corrected chi connectivity index (χ3v) is 4.94. The van der Waals surface area contributed by atoms with Crippen molar-refractivity contribution in [2.75, 3.05) is 32.7 Å². The second-order valence-corrected chi connectivity index (χ2v) is 6.70. The molecule has 1 aromatic rings. The molecule has 2 saturated heterocycles. The van der Waals surface area contributed by atoms with E-state index in [0.717, 1.165) is 19.4 Å². The van der Waals surface area contributed by atoms with Gasteiger partial charge < -0.3 is 15.1 Å². The van der Waals surface area contributed by atoms with Gasteiger partial charge in [0.25, 0.3) is 5.91 Å². The lowest BCUT2D eigenvalue weighted by Gasteiger charge is -2.38. The Morgan fingerprint density at radius 2 is 1.68 bits per heavy atom. The average molecular weight is 370 g/mol. The number of halogens is 2. The van der Waals surface area contributed by atoms with Gasteiger partial charge in [-0.15, -0.1) is 12.4 Å². The number of carbonyl (C=O) groups is 2. The number of nitrogens with one attached hydrogen (secondary N) is 1. The van der Waals surface area contributed by atoms with Crippen LogP contribution in [0.1, 0.15) is 30.1 Å². The first-order chi connectivity index (χ1) is 11.5. The van der Waals surface area contributed by atoms with Gasteiger partial charge in [0, 0.05) is 43.7 Å². The molecule has 2 aliphatic rings. The van der Waals surface area contributed by atoms with Crippen molar-refractivity contribution in [3.63, 3.8) is 0 Å². The van der Waals surface area contributed by atoms with Crippen LogP contribution in [0.25, 0.3) is 0 Å². The van der Waals surface area contributed by atoms with Gasteiger partial charge in [-0.3, -0.25) is 9.59 Å². The van der Waals surface area contributed by atoms with E-state index in [1.807, 2.05) is 4.90 Å². The van der Waals surface area contributed by atoms with Crippen molar-refractivity contribution in [1.82, 2.24) is 15.1 Å². The zero-order valence-electron chi connectivity index (χ0n) is 14.4. The fourth-order valence-corrected chi connectivity index (χ4v) is 3.52. The summed E-state index contributed by atoms with van der Waals surface area (Å²) in [4.78, 5) is 28.7. The van der Waals surface area contributed by atoms with Crippen molar-refractivity contribution < 1.29 is 14.0 Å². The minimum absolute atomic E-state index is 0. The maximum Gasteiger partial charge on any atom is 0.253 e. The van der Waals surface area contributed by atoms with Crippen LogP contribution in [0.2, 0.25) is 0 Å². The molecule has 2 aliphatic heterocycles. The van der Waals surface area contributed by atoms with Gasteiger partial charge in [-0.1, -0.05) is 0 Å². The monoisotopic (exact) mass is 369 g/mol. The molecule has 0 aliphatic carbocycles. The number of hydrogen-bond acceptors (Lipinski definition) is 3. The molecule has 2 amide bonds. The Bertz CT molecular complexity index is 603. The molecule has 25 heavy (non-hydrogen) atoms. The minimum Gasteiger partial charge on any atom is -0.339 e. The van der Waals surface area contributed by atoms with E-state index in [-0.39, 0.29) is 36.0 Å². The van der Waals surface area contributed by atoms with Crippen LogP contribution in [0.5, 0.6) is 0 Å². The number of nitrogens with zero attached hydrogens (tertiary/aromatic N) is 2. The highest BCUT2D eigenvalue weighted by Gasteiger charge is 2.31. The molecule has 0 unspecified atom stereocenters. The molecular formula is C18H25ClFN3O2. The van der Waals surface area contributed by atoms with Gasteiger partial charge in [-0.05, 0) is 50.6 Å². The maximum absolute atomic E-state index is 13.0. The van der Waals surface area contributed by atoms with Crippen LogP contribution in [-0.4, -0.2) is 60.4 Å². The van der Waals surface area contributed by atoms with Crippen LogP contribution >= 0.6 is 12.4 Å². The molecule has 7 heteroatoms. The summed E-state index contributed by atoms with van der Waals surface area (Å²) in [6, 6.07) is 5.99. The third kappa shape index (κ3) is 4.70. The van der Waals surface area contributed by atoms with Gasteiger partial charge in [0.15, 0.2) is 0 Å². The molecule has 0 spiro atoms. The molecule has 0 radical (unpaired) electrons. The summed E-state index contributed by atoms with van der Waals surface area (Å²) >= 11 is 0. The number of carbonyl (C=O) groups excluding carboxylic acids is 2. The second-order valence-electron chi connectivity index (χ2n) is 6.70. The Hall–Kier alpha value is -1.66. The summed E-state index contributed by atoms with van der Waals surface area (Å²) in [5.41, 5.74) is 0.489. The van der Waals surface area contributed by atoms with Crippen LogP contribution in [0.4, 0.5) is 4.39 Å². The molecule has 138 valence electrons. The standard InChI is InChI=1S/C18H24FN3O2.ClH/c1-13-12-15(6-7-20-13)18(24)22-10-8-21(9-11-22)17(23)14-2-4-16(19)5-3-14;/h2-5,13,15,20H,6-12H2,1H3;1H/t13-,15-;/m0./s1. The fraction of sp³-hybridized carbons (Fsp3) is 0.556. The zero-order valence-corrected chi connectivity index (χ0v) is 15.2. The van der Waals surface area contributed by atoms with Crippen LogP contribution < -0.4 is 5.32 Å². The molecule has 0 aromatic heterocycles. The zero-order chi connectivity index (χ0) is 17.1. The Balaban J connectivity index is 0.00000225. The fourth-order valence-electron chi connectivity index (χ4n) is 3.52. The quantitative estimate of drug-likeness (QED) is 0.866. The molecule has 2 atom stereocenters. The molecule has 3 rings (SSSR count). The SMILES string of the molecule is C[C@H]1C[C@@H](C(=O)N2CCN(C(=O)c3ccc(F)cc3)CC2)CCN1.Cl.